The highest BCUT2D eigenvalue weighted by atomic mass is 16.7. The Morgan fingerprint density at radius 2 is 1.21 bits per heavy atom. The maximum atomic E-state index is 6.51. The molecule has 0 radical (unpaired) electrons. The van der Waals surface area contributed by atoms with Gasteiger partial charge in [-0.05, 0) is 77.0 Å². The lowest BCUT2D eigenvalue weighted by atomic mass is 9.70. The Bertz CT molecular complexity index is 1390. The first-order valence-corrected chi connectivity index (χ1v) is 11.5. The van der Waals surface area contributed by atoms with Gasteiger partial charge < -0.3 is 9.31 Å². The molecule has 1 aliphatic rings. The highest BCUT2D eigenvalue weighted by molar-refractivity contribution is 6.66. The zero-order valence-electron chi connectivity index (χ0n) is 19.8. The fourth-order valence-electron chi connectivity index (χ4n) is 4.89. The molecule has 164 valence electrons. The molecule has 0 saturated carbocycles. The van der Waals surface area contributed by atoms with E-state index in [1.54, 1.807) is 0 Å². The maximum absolute atomic E-state index is 6.51. The highest BCUT2D eigenvalue weighted by Crippen LogP contribution is 2.41. The molecule has 4 aromatic rings. The van der Waals surface area contributed by atoms with Crippen LogP contribution in [0.5, 0.6) is 0 Å². The lowest BCUT2D eigenvalue weighted by Gasteiger charge is -2.32. The molecule has 33 heavy (non-hydrogen) atoms. The number of benzene rings is 4. The van der Waals surface area contributed by atoms with E-state index in [1.807, 2.05) is 12.2 Å². The Morgan fingerprint density at radius 3 is 1.85 bits per heavy atom. The fourth-order valence-corrected chi connectivity index (χ4v) is 4.89. The van der Waals surface area contributed by atoms with Crippen LogP contribution in [0.4, 0.5) is 0 Å². The van der Waals surface area contributed by atoms with E-state index in [9.17, 15) is 0 Å². The lowest BCUT2D eigenvalue weighted by molar-refractivity contribution is 0.00578. The standard InChI is InChI=1S/C30H29BO2/c1-7-21-22(8-2)28(31-32-29(3,4)30(5,6)33-31)26-18-12-11-17-25(26)27(21)24-19-13-15-20-14-9-10-16-23(20)24/h7-19H,1-2H2,3-6H3. The van der Waals surface area contributed by atoms with Crippen molar-refractivity contribution in [2.24, 2.45) is 0 Å². The second-order valence-corrected chi connectivity index (χ2v) is 9.68. The molecule has 0 aliphatic carbocycles. The molecule has 0 atom stereocenters. The summed E-state index contributed by atoms with van der Waals surface area (Å²) in [6, 6.07) is 23.5. The summed E-state index contributed by atoms with van der Waals surface area (Å²) in [7, 11) is -0.492. The van der Waals surface area contributed by atoms with E-state index in [0.29, 0.717) is 0 Å². The molecular formula is C30H29BO2. The van der Waals surface area contributed by atoms with Gasteiger partial charge in [0.25, 0.3) is 0 Å². The summed E-state index contributed by atoms with van der Waals surface area (Å²) in [5.74, 6) is 0. The lowest BCUT2D eigenvalue weighted by Crippen LogP contribution is -2.41. The summed E-state index contributed by atoms with van der Waals surface area (Å²) in [5, 5.41) is 4.69. The van der Waals surface area contributed by atoms with Gasteiger partial charge in [0.05, 0.1) is 11.2 Å². The third-order valence-corrected chi connectivity index (χ3v) is 7.29. The van der Waals surface area contributed by atoms with Crippen LogP contribution in [0.2, 0.25) is 0 Å². The third-order valence-electron chi connectivity index (χ3n) is 7.29. The Balaban J connectivity index is 1.89. The SMILES string of the molecule is C=Cc1c(C=C)c(-c2cccc3ccccc23)c2ccccc2c1B1OC(C)(C)C(C)(C)O1. The monoisotopic (exact) mass is 432 g/mol. The van der Waals surface area contributed by atoms with E-state index in [4.69, 9.17) is 9.31 Å². The first-order chi connectivity index (χ1) is 15.8. The predicted molar refractivity (Wildman–Crippen MR) is 143 cm³/mol. The van der Waals surface area contributed by atoms with Crippen molar-refractivity contribution in [3.05, 3.63) is 91.0 Å². The zero-order chi connectivity index (χ0) is 23.4. The predicted octanol–water partition coefficient (Wildman–Crippen LogP) is 7.25. The summed E-state index contributed by atoms with van der Waals surface area (Å²) in [6.07, 6.45) is 3.85. The minimum Gasteiger partial charge on any atom is -0.399 e. The van der Waals surface area contributed by atoms with Gasteiger partial charge in [-0.3, -0.25) is 0 Å². The second-order valence-electron chi connectivity index (χ2n) is 9.68. The molecule has 0 spiro atoms. The van der Waals surface area contributed by atoms with Crippen molar-refractivity contribution in [2.75, 3.05) is 0 Å². The zero-order valence-corrected chi connectivity index (χ0v) is 19.8. The van der Waals surface area contributed by atoms with Gasteiger partial charge in [-0.2, -0.15) is 0 Å². The summed E-state index contributed by atoms with van der Waals surface area (Å²) in [6.45, 7) is 16.7. The normalized spacial score (nSPS) is 16.9. The van der Waals surface area contributed by atoms with Gasteiger partial charge in [-0.25, -0.2) is 0 Å². The van der Waals surface area contributed by atoms with Gasteiger partial charge in [-0.1, -0.05) is 92.0 Å². The number of hydrogen-bond donors (Lipinski definition) is 0. The largest absolute Gasteiger partial charge is 0.496 e. The van der Waals surface area contributed by atoms with Crippen molar-refractivity contribution in [1.29, 1.82) is 0 Å². The molecule has 1 heterocycles. The smallest absolute Gasteiger partial charge is 0.399 e. The van der Waals surface area contributed by atoms with Gasteiger partial charge in [0.15, 0.2) is 0 Å². The summed E-state index contributed by atoms with van der Waals surface area (Å²) >= 11 is 0. The van der Waals surface area contributed by atoms with Crippen LogP contribution in [-0.2, 0) is 9.31 Å². The van der Waals surface area contributed by atoms with Crippen molar-refractivity contribution in [3.63, 3.8) is 0 Å². The molecular weight excluding hydrogens is 403 g/mol. The van der Waals surface area contributed by atoms with E-state index in [2.05, 4.69) is 108 Å². The average molecular weight is 432 g/mol. The van der Waals surface area contributed by atoms with Gasteiger partial charge >= 0.3 is 7.12 Å². The Labute approximate surface area is 196 Å². The van der Waals surface area contributed by atoms with Crippen LogP contribution in [0.25, 0.3) is 44.8 Å². The molecule has 0 bridgehead atoms. The summed E-state index contributed by atoms with van der Waals surface area (Å²) < 4.78 is 13.0. The van der Waals surface area contributed by atoms with Crippen LogP contribution < -0.4 is 5.46 Å². The van der Waals surface area contributed by atoms with Crippen LogP contribution in [-0.4, -0.2) is 18.3 Å². The molecule has 0 aromatic heterocycles. The van der Waals surface area contributed by atoms with Gasteiger partial charge in [0.1, 0.15) is 0 Å². The van der Waals surface area contributed by atoms with Crippen LogP contribution in [0.1, 0.15) is 38.8 Å². The molecule has 5 rings (SSSR count). The molecule has 0 unspecified atom stereocenters. The van der Waals surface area contributed by atoms with E-state index >= 15 is 0 Å². The van der Waals surface area contributed by atoms with E-state index in [1.165, 1.54) is 16.3 Å². The van der Waals surface area contributed by atoms with Crippen molar-refractivity contribution >= 4 is 46.3 Å². The first-order valence-electron chi connectivity index (χ1n) is 11.5. The minimum absolute atomic E-state index is 0.431. The summed E-state index contributed by atoms with van der Waals surface area (Å²) in [4.78, 5) is 0. The first kappa shape index (κ1) is 21.7. The van der Waals surface area contributed by atoms with Crippen LogP contribution in [0.3, 0.4) is 0 Å². The third kappa shape index (κ3) is 3.27. The molecule has 0 N–H and O–H groups in total. The quantitative estimate of drug-likeness (QED) is 0.316. The molecule has 1 fully saturated rings. The van der Waals surface area contributed by atoms with Crippen molar-refractivity contribution in [2.45, 2.75) is 38.9 Å². The van der Waals surface area contributed by atoms with E-state index < -0.39 is 18.3 Å². The van der Waals surface area contributed by atoms with Gasteiger partial charge in [0.2, 0.25) is 0 Å². The Morgan fingerprint density at radius 1 is 0.667 bits per heavy atom. The van der Waals surface area contributed by atoms with E-state index in [0.717, 1.165) is 32.9 Å². The summed E-state index contributed by atoms with van der Waals surface area (Å²) in [5.41, 5.74) is 4.54. The average Bonchev–Trinajstić information content (AvgIpc) is 3.03. The van der Waals surface area contributed by atoms with Crippen LogP contribution in [0.15, 0.2) is 79.9 Å². The minimum atomic E-state index is -0.492. The number of hydrogen-bond acceptors (Lipinski definition) is 2. The van der Waals surface area contributed by atoms with Gasteiger partial charge in [-0.15, -0.1) is 0 Å². The molecule has 1 aliphatic heterocycles. The number of fused-ring (bicyclic) bond motifs is 2. The van der Waals surface area contributed by atoms with Crippen molar-refractivity contribution < 1.29 is 9.31 Å². The number of rotatable bonds is 4. The van der Waals surface area contributed by atoms with Crippen molar-refractivity contribution in [1.82, 2.24) is 0 Å². The maximum Gasteiger partial charge on any atom is 0.496 e. The van der Waals surface area contributed by atoms with E-state index in [-0.39, 0.29) is 0 Å². The topological polar surface area (TPSA) is 18.5 Å². The van der Waals surface area contributed by atoms with Crippen LogP contribution >= 0.6 is 0 Å². The Kier molecular flexibility index (Phi) is 5.08. The molecule has 2 nitrogen and oxygen atoms in total. The molecule has 3 heteroatoms. The second kappa shape index (κ2) is 7.72. The highest BCUT2D eigenvalue weighted by Gasteiger charge is 2.52. The molecule has 4 aromatic carbocycles. The fraction of sp³-hybridized carbons (Fsp3) is 0.200. The Hall–Kier alpha value is -3.14. The molecule has 1 saturated heterocycles. The van der Waals surface area contributed by atoms with Crippen LogP contribution in [0, 0.1) is 0 Å². The molecule has 0 amide bonds. The van der Waals surface area contributed by atoms with Crippen molar-refractivity contribution in [3.8, 4) is 11.1 Å². The van der Waals surface area contributed by atoms with Gasteiger partial charge in [0, 0.05) is 0 Å².